The average molecular weight is 333 g/mol. The standard InChI is InChI=1S/C18H17ClO4/c1-12-9-15(19)5-7-16(12)23-11-14-10-13(4-8-18(20)21)3-6-17(14)22-2/h3-10H,11H2,1-2H3,(H,20,21)/b8-4+. The Labute approximate surface area is 139 Å². The molecular weight excluding hydrogens is 316 g/mol. The van der Waals surface area contributed by atoms with Gasteiger partial charge in [-0.15, -0.1) is 0 Å². The van der Waals surface area contributed by atoms with Crippen LogP contribution in [0.4, 0.5) is 0 Å². The molecule has 2 rings (SSSR count). The number of benzene rings is 2. The summed E-state index contributed by atoms with van der Waals surface area (Å²) in [7, 11) is 1.58. The molecule has 0 amide bonds. The predicted molar refractivity (Wildman–Crippen MR) is 90.2 cm³/mol. The molecule has 0 unspecified atom stereocenters. The van der Waals surface area contributed by atoms with E-state index in [-0.39, 0.29) is 0 Å². The molecule has 23 heavy (non-hydrogen) atoms. The van der Waals surface area contributed by atoms with Gasteiger partial charge in [0, 0.05) is 16.7 Å². The molecule has 0 saturated carbocycles. The lowest BCUT2D eigenvalue weighted by Gasteiger charge is -2.13. The van der Waals surface area contributed by atoms with Crippen molar-refractivity contribution in [1.82, 2.24) is 0 Å². The Morgan fingerprint density at radius 3 is 2.61 bits per heavy atom. The summed E-state index contributed by atoms with van der Waals surface area (Å²) < 4.78 is 11.1. The Hall–Kier alpha value is -2.46. The van der Waals surface area contributed by atoms with Gasteiger partial charge >= 0.3 is 5.97 Å². The highest BCUT2D eigenvalue weighted by molar-refractivity contribution is 6.30. The second-order valence-corrected chi connectivity index (χ2v) is 5.38. The third kappa shape index (κ3) is 4.76. The van der Waals surface area contributed by atoms with Crippen molar-refractivity contribution in [3.05, 3.63) is 64.2 Å². The quantitative estimate of drug-likeness (QED) is 0.800. The normalized spacial score (nSPS) is 10.7. The number of aryl methyl sites for hydroxylation is 1. The number of carbonyl (C=O) groups is 1. The van der Waals surface area contributed by atoms with E-state index in [0.717, 1.165) is 28.5 Å². The molecule has 0 radical (unpaired) electrons. The summed E-state index contributed by atoms with van der Waals surface area (Å²) in [5.74, 6) is 0.433. The molecule has 0 aliphatic carbocycles. The zero-order valence-corrected chi connectivity index (χ0v) is 13.6. The fourth-order valence-electron chi connectivity index (χ4n) is 2.11. The molecule has 0 bridgehead atoms. The first-order valence-electron chi connectivity index (χ1n) is 6.96. The Bertz CT molecular complexity index is 738. The number of carboxylic acids is 1. The van der Waals surface area contributed by atoms with E-state index in [1.165, 1.54) is 6.08 Å². The van der Waals surface area contributed by atoms with Crippen LogP contribution in [-0.4, -0.2) is 18.2 Å². The average Bonchev–Trinajstić information content (AvgIpc) is 2.52. The lowest BCUT2D eigenvalue weighted by molar-refractivity contribution is -0.131. The summed E-state index contributed by atoms with van der Waals surface area (Å²) in [5, 5.41) is 9.36. The molecule has 4 nitrogen and oxygen atoms in total. The minimum atomic E-state index is -0.990. The molecule has 2 aromatic rings. The highest BCUT2D eigenvalue weighted by Gasteiger charge is 2.07. The number of rotatable bonds is 6. The van der Waals surface area contributed by atoms with Gasteiger partial charge in [0.2, 0.25) is 0 Å². The van der Waals surface area contributed by atoms with E-state index in [9.17, 15) is 4.79 Å². The number of ether oxygens (including phenoxy) is 2. The fourth-order valence-corrected chi connectivity index (χ4v) is 2.34. The number of hydrogen-bond donors (Lipinski definition) is 1. The van der Waals surface area contributed by atoms with E-state index in [2.05, 4.69) is 0 Å². The van der Waals surface area contributed by atoms with Crippen molar-refractivity contribution >= 4 is 23.6 Å². The van der Waals surface area contributed by atoms with Crippen LogP contribution in [-0.2, 0) is 11.4 Å². The van der Waals surface area contributed by atoms with Crippen molar-refractivity contribution in [2.75, 3.05) is 7.11 Å². The number of aliphatic carboxylic acids is 1. The molecule has 0 atom stereocenters. The lowest BCUT2D eigenvalue weighted by Crippen LogP contribution is -2.00. The maximum atomic E-state index is 10.6. The second kappa shape index (κ2) is 7.70. The molecule has 120 valence electrons. The summed E-state index contributed by atoms with van der Waals surface area (Å²) in [6.07, 6.45) is 2.62. The zero-order chi connectivity index (χ0) is 16.8. The van der Waals surface area contributed by atoms with E-state index < -0.39 is 5.97 Å². The van der Waals surface area contributed by atoms with Gasteiger partial charge in [0.1, 0.15) is 18.1 Å². The van der Waals surface area contributed by atoms with Crippen LogP contribution in [0, 0.1) is 6.92 Å². The topological polar surface area (TPSA) is 55.8 Å². The van der Waals surface area contributed by atoms with Crippen LogP contribution < -0.4 is 9.47 Å². The van der Waals surface area contributed by atoms with Crippen LogP contribution in [0.15, 0.2) is 42.5 Å². The largest absolute Gasteiger partial charge is 0.496 e. The van der Waals surface area contributed by atoms with Gasteiger partial charge in [-0.3, -0.25) is 0 Å². The number of hydrogen-bond acceptors (Lipinski definition) is 3. The molecular formula is C18H17ClO4. The van der Waals surface area contributed by atoms with Gasteiger partial charge in [-0.25, -0.2) is 4.79 Å². The van der Waals surface area contributed by atoms with Crippen LogP contribution in [0.3, 0.4) is 0 Å². The van der Waals surface area contributed by atoms with Crippen molar-refractivity contribution in [3.63, 3.8) is 0 Å². The molecule has 0 saturated heterocycles. The van der Waals surface area contributed by atoms with Crippen LogP contribution in [0.25, 0.3) is 6.08 Å². The molecule has 0 aliphatic rings. The molecule has 0 aliphatic heterocycles. The van der Waals surface area contributed by atoms with Gasteiger partial charge in [0.15, 0.2) is 0 Å². The first-order valence-corrected chi connectivity index (χ1v) is 7.34. The maximum absolute atomic E-state index is 10.6. The zero-order valence-electron chi connectivity index (χ0n) is 12.9. The molecule has 0 aromatic heterocycles. The van der Waals surface area contributed by atoms with Gasteiger partial charge in [-0.05, 0) is 54.5 Å². The Balaban J connectivity index is 2.20. The van der Waals surface area contributed by atoms with Crippen LogP contribution in [0.5, 0.6) is 11.5 Å². The summed E-state index contributed by atoms with van der Waals surface area (Å²) in [5.41, 5.74) is 2.53. The van der Waals surface area contributed by atoms with Crippen molar-refractivity contribution < 1.29 is 19.4 Å². The summed E-state index contributed by atoms with van der Waals surface area (Å²) in [6, 6.07) is 10.8. The molecule has 2 aromatic carbocycles. The van der Waals surface area contributed by atoms with Gasteiger partial charge < -0.3 is 14.6 Å². The molecule has 0 heterocycles. The van der Waals surface area contributed by atoms with E-state index in [4.69, 9.17) is 26.2 Å². The highest BCUT2D eigenvalue weighted by Crippen LogP contribution is 2.26. The van der Waals surface area contributed by atoms with Crippen LogP contribution in [0.2, 0.25) is 5.02 Å². The van der Waals surface area contributed by atoms with Crippen molar-refractivity contribution in [3.8, 4) is 11.5 Å². The van der Waals surface area contributed by atoms with Crippen molar-refractivity contribution in [2.45, 2.75) is 13.5 Å². The van der Waals surface area contributed by atoms with Crippen LogP contribution >= 0.6 is 11.6 Å². The van der Waals surface area contributed by atoms with Crippen molar-refractivity contribution in [2.24, 2.45) is 0 Å². The first kappa shape index (κ1) is 16.9. The monoisotopic (exact) mass is 332 g/mol. The number of carboxylic acid groups (broad SMARTS) is 1. The summed E-state index contributed by atoms with van der Waals surface area (Å²) >= 11 is 5.93. The first-order chi connectivity index (χ1) is 11.0. The third-order valence-electron chi connectivity index (χ3n) is 3.24. The molecule has 5 heteroatoms. The second-order valence-electron chi connectivity index (χ2n) is 4.94. The predicted octanol–water partition coefficient (Wildman–Crippen LogP) is 4.33. The fraction of sp³-hybridized carbons (Fsp3) is 0.167. The number of methoxy groups -OCH3 is 1. The molecule has 0 fully saturated rings. The SMILES string of the molecule is COc1ccc(/C=C/C(=O)O)cc1COc1ccc(Cl)cc1C. The third-order valence-corrected chi connectivity index (χ3v) is 3.48. The van der Waals surface area contributed by atoms with E-state index in [1.54, 1.807) is 25.3 Å². The van der Waals surface area contributed by atoms with Gasteiger partial charge in [-0.2, -0.15) is 0 Å². The van der Waals surface area contributed by atoms with E-state index in [1.807, 2.05) is 25.1 Å². The van der Waals surface area contributed by atoms with E-state index >= 15 is 0 Å². The minimum Gasteiger partial charge on any atom is -0.496 e. The van der Waals surface area contributed by atoms with Crippen LogP contribution in [0.1, 0.15) is 16.7 Å². The Morgan fingerprint density at radius 1 is 1.22 bits per heavy atom. The maximum Gasteiger partial charge on any atom is 0.328 e. The van der Waals surface area contributed by atoms with Crippen molar-refractivity contribution in [1.29, 1.82) is 0 Å². The van der Waals surface area contributed by atoms with E-state index in [0.29, 0.717) is 17.4 Å². The smallest absolute Gasteiger partial charge is 0.328 e. The highest BCUT2D eigenvalue weighted by atomic mass is 35.5. The lowest BCUT2D eigenvalue weighted by atomic mass is 10.1. The minimum absolute atomic E-state index is 0.306. The number of halogens is 1. The molecule has 0 spiro atoms. The van der Waals surface area contributed by atoms with Gasteiger partial charge in [0.05, 0.1) is 7.11 Å². The summed E-state index contributed by atoms with van der Waals surface area (Å²) in [4.78, 5) is 10.6. The van der Waals surface area contributed by atoms with Gasteiger partial charge in [0.25, 0.3) is 0 Å². The van der Waals surface area contributed by atoms with Gasteiger partial charge in [-0.1, -0.05) is 17.7 Å². The molecule has 1 N–H and O–H groups in total. The Morgan fingerprint density at radius 2 is 1.96 bits per heavy atom. The summed E-state index contributed by atoms with van der Waals surface area (Å²) in [6.45, 7) is 2.23. The Kier molecular flexibility index (Phi) is 5.66.